The normalized spacial score (nSPS) is 13.1. The van der Waals surface area contributed by atoms with E-state index in [0.717, 1.165) is 0 Å². The van der Waals surface area contributed by atoms with Gasteiger partial charge in [-0.05, 0) is 20.8 Å². The Morgan fingerprint density at radius 2 is 2.00 bits per heavy atom. The molecule has 0 rings (SSSR count). The second-order valence-corrected chi connectivity index (χ2v) is 2.73. The van der Waals surface area contributed by atoms with E-state index in [-0.39, 0.29) is 5.41 Å². The van der Waals surface area contributed by atoms with Crippen LogP contribution in [-0.4, -0.2) is 12.4 Å². The van der Waals surface area contributed by atoms with Gasteiger partial charge in [-0.2, -0.15) is 0 Å². The fourth-order valence-electron chi connectivity index (χ4n) is 0.358. The first-order chi connectivity index (χ1) is 4.62. The molecule has 0 aromatic carbocycles. The standard InChI is InChI=1S/C8H14N2/c1-4-5-10-7-8(2,3)6-9/h4-7,9H,1-3H3/b5-4-,9-6?,10-7?. The molecule has 1 N–H and O–H groups in total. The van der Waals surface area contributed by atoms with Gasteiger partial charge in [0, 0.05) is 24.0 Å². The summed E-state index contributed by atoms with van der Waals surface area (Å²) >= 11 is 0. The van der Waals surface area contributed by atoms with E-state index in [4.69, 9.17) is 5.41 Å². The third-order valence-electron chi connectivity index (χ3n) is 1.01. The van der Waals surface area contributed by atoms with Crippen LogP contribution in [0, 0.1) is 10.8 Å². The van der Waals surface area contributed by atoms with Gasteiger partial charge >= 0.3 is 0 Å². The molecular formula is C8H14N2. The largest absolute Gasteiger partial charge is 0.312 e. The van der Waals surface area contributed by atoms with Crippen molar-refractivity contribution in [3.8, 4) is 0 Å². The number of hydrogen-bond donors (Lipinski definition) is 1. The van der Waals surface area contributed by atoms with Crippen molar-refractivity contribution in [1.29, 1.82) is 5.41 Å². The van der Waals surface area contributed by atoms with E-state index in [9.17, 15) is 0 Å². The number of nitrogens with one attached hydrogen (secondary N) is 1. The molecule has 0 spiro atoms. The van der Waals surface area contributed by atoms with Gasteiger partial charge in [-0.15, -0.1) is 0 Å². The molecule has 0 heterocycles. The zero-order valence-corrected chi connectivity index (χ0v) is 6.76. The Hall–Kier alpha value is -0.920. The summed E-state index contributed by atoms with van der Waals surface area (Å²) < 4.78 is 0. The molecule has 0 aromatic rings. The molecule has 0 unspecified atom stereocenters. The summed E-state index contributed by atoms with van der Waals surface area (Å²) in [6.07, 6.45) is 6.70. The molecule has 0 atom stereocenters. The highest BCUT2D eigenvalue weighted by Crippen LogP contribution is 2.06. The van der Waals surface area contributed by atoms with E-state index in [2.05, 4.69) is 4.99 Å². The molecule has 56 valence electrons. The zero-order valence-electron chi connectivity index (χ0n) is 6.76. The Labute approximate surface area is 62.2 Å². The first-order valence-corrected chi connectivity index (χ1v) is 3.29. The van der Waals surface area contributed by atoms with Gasteiger partial charge in [-0.1, -0.05) is 6.08 Å². The van der Waals surface area contributed by atoms with Gasteiger partial charge in [0.15, 0.2) is 0 Å². The maximum atomic E-state index is 7.00. The van der Waals surface area contributed by atoms with Crippen LogP contribution in [0.15, 0.2) is 17.3 Å². The minimum Gasteiger partial charge on any atom is -0.312 e. The number of rotatable bonds is 3. The summed E-state index contributed by atoms with van der Waals surface area (Å²) in [5.74, 6) is 0. The highest BCUT2D eigenvalue weighted by Gasteiger charge is 2.08. The maximum absolute atomic E-state index is 7.00. The van der Waals surface area contributed by atoms with Crippen LogP contribution in [0.25, 0.3) is 0 Å². The second-order valence-electron chi connectivity index (χ2n) is 2.73. The van der Waals surface area contributed by atoms with Gasteiger partial charge in [0.1, 0.15) is 0 Å². The molecule has 0 radical (unpaired) electrons. The maximum Gasteiger partial charge on any atom is 0.0346 e. The van der Waals surface area contributed by atoms with Gasteiger partial charge in [-0.3, -0.25) is 4.99 Å². The summed E-state index contributed by atoms with van der Waals surface area (Å²) in [5, 5.41) is 7.00. The molecular weight excluding hydrogens is 124 g/mol. The van der Waals surface area contributed by atoms with Gasteiger partial charge in [-0.25, -0.2) is 0 Å². The molecule has 0 fully saturated rings. The smallest absolute Gasteiger partial charge is 0.0346 e. The Bertz CT molecular complexity index is 155. The number of nitrogens with zero attached hydrogens (tertiary/aromatic N) is 1. The summed E-state index contributed by atoms with van der Waals surface area (Å²) in [5.41, 5.74) is -0.209. The molecule has 0 aliphatic carbocycles. The Morgan fingerprint density at radius 3 is 2.40 bits per heavy atom. The lowest BCUT2D eigenvalue weighted by Gasteiger charge is -2.09. The first kappa shape index (κ1) is 9.08. The van der Waals surface area contributed by atoms with Crippen LogP contribution in [0.1, 0.15) is 20.8 Å². The van der Waals surface area contributed by atoms with E-state index in [0.29, 0.717) is 0 Å². The first-order valence-electron chi connectivity index (χ1n) is 3.29. The fraction of sp³-hybridized carbons (Fsp3) is 0.500. The van der Waals surface area contributed by atoms with Crippen molar-refractivity contribution in [3.63, 3.8) is 0 Å². The van der Waals surface area contributed by atoms with E-state index in [1.165, 1.54) is 6.21 Å². The van der Waals surface area contributed by atoms with Gasteiger partial charge in [0.05, 0.1) is 0 Å². The van der Waals surface area contributed by atoms with Gasteiger partial charge in [0.25, 0.3) is 0 Å². The minimum atomic E-state index is -0.209. The number of aliphatic imine (C=N–C) groups is 1. The molecule has 2 heteroatoms. The molecule has 0 amide bonds. The summed E-state index contributed by atoms with van der Waals surface area (Å²) in [6.45, 7) is 5.79. The minimum absolute atomic E-state index is 0.209. The molecule has 10 heavy (non-hydrogen) atoms. The van der Waals surface area contributed by atoms with Crippen molar-refractivity contribution in [1.82, 2.24) is 0 Å². The second kappa shape index (κ2) is 3.99. The third kappa shape index (κ3) is 4.01. The predicted molar refractivity (Wildman–Crippen MR) is 45.9 cm³/mol. The van der Waals surface area contributed by atoms with E-state index >= 15 is 0 Å². The van der Waals surface area contributed by atoms with Crippen molar-refractivity contribution < 1.29 is 0 Å². The summed E-state index contributed by atoms with van der Waals surface area (Å²) in [7, 11) is 0. The number of hydrogen-bond acceptors (Lipinski definition) is 2. The van der Waals surface area contributed by atoms with Crippen molar-refractivity contribution in [3.05, 3.63) is 12.3 Å². The molecule has 0 saturated carbocycles. The van der Waals surface area contributed by atoms with Gasteiger partial charge < -0.3 is 5.41 Å². The van der Waals surface area contributed by atoms with Crippen LogP contribution in [0.4, 0.5) is 0 Å². The van der Waals surface area contributed by atoms with Gasteiger partial charge in [0.2, 0.25) is 0 Å². The van der Waals surface area contributed by atoms with Crippen LogP contribution in [0.5, 0.6) is 0 Å². The Morgan fingerprint density at radius 1 is 1.40 bits per heavy atom. The highest BCUT2D eigenvalue weighted by atomic mass is 14.7. The van der Waals surface area contributed by atoms with Crippen molar-refractivity contribution in [2.75, 3.05) is 0 Å². The van der Waals surface area contributed by atoms with E-state index < -0.39 is 0 Å². The topological polar surface area (TPSA) is 36.2 Å². The predicted octanol–water partition coefficient (Wildman–Crippen LogP) is 2.27. The fourth-order valence-corrected chi connectivity index (χ4v) is 0.358. The Balaban J connectivity index is 3.98. The molecule has 0 aliphatic rings. The van der Waals surface area contributed by atoms with E-state index in [1.54, 1.807) is 12.4 Å². The summed E-state index contributed by atoms with van der Waals surface area (Å²) in [6, 6.07) is 0. The van der Waals surface area contributed by atoms with Crippen LogP contribution < -0.4 is 0 Å². The van der Waals surface area contributed by atoms with Crippen LogP contribution in [0.2, 0.25) is 0 Å². The lowest BCUT2D eigenvalue weighted by molar-refractivity contribution is 0.760. The average Bonchev–Trinajstić information content (AvgIpc) is 1.89. The van der Waals surface area contributed by atoms with Crippen LogP contribution in [-0.2, 0) is 0 Å². The molecule has 0 bridgehead atoms. The quantitative estimate of drug-likeness (QED) is 0.581. The van der Waals surface area contributed by atoms with Crippen LogP contribution in [0.3, 0.4) is 0 Å². The zero-order chi connectivity index (χ0) is 8.04. The number of allylic oxidation sites excluding steroid dienone is 1. The molecule has 0 aromatic heterocycles. The van der Waals surface area contributed by atoms with Crippen LogP contribution >= 0.6 is 0 Å². The molecule has 2 nitrogen and oxygen atoms in total. The van der Waals surface area contributed by atoms with Crippen molar-refractivity contribution in [2.24, 2.45) is 10.4 Å². The SMILES string of the molecule is C/C=C\N=CC(C)(C)C=N. The lowest BCUT2D eigenvalue weighted by atomic mass is 9.98. The van der Waals surface area contributed by atoms with E-state index in [1.807, 2.05) is 26.8 Å². The monoisotopic (exact) mass is 138 g/mol. The highest BCUT2D eigenvalue weighted by molar-refractivity contribution is 5.86. The lowest BCUT2D eigenvalue weighted by Crippen LogP contribution is -2.13. The summed E-state index contributed by atoms with van der Waals surface area (Å²) in [4.78, 5) is 3.98. The average molecular weight is 138 g/mol. The van der Waals surface area contributed by atoms with Crippen molar-refractivity contribution in [2.45, 2.75) is 20.8 Å². The molecule has 0 aliphatic heterocycles. The molecule has 0 saturated heterocycles. The Kier molecular flexibility index (Phi) is 3.62. The van der Waals surface area contributed by atoms with Crippen molar-refractivity contribution >= 4 is 12.4 Å². The third-order valence-corrected chi connectivity index (χ3v) is 1.01.